The van der Waals surface area contributed by atoms with Crippen LogP contribution < -0.4 is 0 Å². The van der Waals surface area contributed by atoms with Gasteiger partial charge in [-0.15, -0.1) is 0 Å². The molecule has 0 radical (unpaired) electrons. The van der Waals surface area contributed by atoms with Crippen LogP contribution in [0.1, 0.15) is 68.2 Å². The summed E-state index contributed by atoms with van der Waals surface area (Å²) in [5, 5.41) is 0. The van der Waals surface area contributed by atoms with Crippen LogP contribution >= 0.6 is 0 Å². The Labute approximate surface area is 148 Å². The third-order valence-electron chi connectivity index (χ3n) is 4.61. The van der Waals surface area contributed by atoms with E-state index in [0.717, 1.165) is 12.0 Å². The number of hydrogen-bond acceptors (Lipinski definition) is 3. The number of hydrogen-bond donors (Lipinski definition) is 0. The van der Waals surface area contributed by atoms with Crippen LogP contribution in [0.5, 0.6) is 0 Å². The normalized spacial score (nSPS) is 23.6. The molecule has 0 aliphatic carbocycles. The highest BCUT2D eigenvalue weighted by Gasteiger charge is 2.25. The van der Waals surface area contributed by atoms with Gasteiger partial charge in [-0.2, -0.15) is 0 Å². The lowest BCUT2D eigenvalue weighted by atomic mass is 9.96. The van der Waals surface area contributed by atoms with Gasteiger partial charge in [-0.25, -0.2) is 0 Å². The van der Waals surface area contributed by atoms with Gasteiger partial charge in [0.15, 0.2) is 0 Å². The van der Waals surface area contributed by atoms with E-state index in [0.29, 0.717) is 0 Å². The maximum Gasteiger partial charge on any atom is 0.0195 e. The van der Waals surface area contributed by atoms with Crippen LogP contribution in [0.2, 0.25) is 0 Å². The van der Waals surface area contributed by atoms with Crippen molar-refractivity contribution in [1.82, 2.24) is 14.7 Å². The molecule has 1 atom stereocenters. The fraction of sp³-hybridized carbons (Fsp3) is 1.00. The van der Waals surface area contributed by atoms with Gasteiger partial charge in [0, 0.05) is 32.2 Å². The molecule has 0 aromatic rings. The van der Waals surface area contributed by atoms with Gasteiger partial charge in [0.25, 0.3) is 0 Å². The Kier molecular flexibility index (Phi) is 18.3. The molecular weight excluding hydrogens is 282 g/mol. The molecule has 2 saturated heterocycles. The number of likely N-dealkylation sites (N-methyl/N-ethyl adjacent to an activating group) is 1. The predicted molar refractivity (Wildman–Crippen MR) is 107 cm³/mol. The molecule has 3 nitrogen and oxygen atoms in total. The molecule has 0 spiro atoms. The van der Waals surface area contributed by atoms with Crippen LogP contribution in [0.3, 0.4) is 0 Å². The molecule has 142 valence electrons. The zero-order valence-corrected chi connectivity index (χ0v) is 17.9. The Morgan fingerprint density at radius 1 is 0.826 bits per heavy atom. The third kappa shape index (κ3) is 10.4. The second kappa shape index (κ2) is 16.7. The van der Waals surface area contributed by atoms with E-state index in [1.54, 1.807) is 0 Å². The van der Waals surface area contributed by atoms with E-state index in [1.807, 2.05) is 41.5 Å². The Morgan fingerprint density at radius 2 is 1.35 bits per heavy atom. The summed E-state index contributed by atoms with van der Waals surface area (Å²) in [5.74, 6) is 0.951. The molecule has 23 heavy (non-hydrogen) atoms. The lowest BCUT2D eigenvalue weighted by Crippen LogP contribution is -2.53. The van der Waals surface area contributed by atoms with Gasteiger partial charge in [-0.3, -0.25) is 4.90 Å². The summed E-state index contributed by atoms with van der Waals surface area (Å²) in [7, 11) is 2.25. The van der Waals surface area contributed by atoms with E-state index >= 15 is 0 Å². The second-order valence-corrected chi connectivity index (χ2v) is 5.98. The standard InChI is InChI=1S/C14H29N3.3C2H6/c1-4-17-10-9-16(11-13(17)2)12-14-5-7-15(3)8-6-14;3*1-2/h13-14H,4-12H2,1-3H3;3*1-2H3. The first-order chi connectivity index (χ1) is 11.2. The second-order valence-electron chi connectivity index (χ2n) is 5.98. The molecule has 0 bridgehead atoms. The Hall–Kier alpha value is -0.120. The molecule has 0 aromatic heterocycles. The number of piperidine rings is 1. The van der Waals surface area contributed by atoms with Crippen molar-refractivity contribution < 1.29 is 0 Å². The van der Waals surface area contributed by atoms with Crippen molar-refractivity contribution in [3.05, 3.63) is 0 Å². The third-order valence-corrected chi connectivity index (χ3v) is 4.61. The van der Waals surface area contributed by atoms with E-state index in [2.05, 4.69) is 35.6 Å². The van der Waals surface area contributed by atoms with Crippen LogP contribution in [0.4, 0.5) is 0 Å². The minimum Gasteiger partial charge on any atom is -0.306 e. The summed E-state index contributed by atoms with van der Waals surface area (Å²) in [6, 6.07) is 0.750. The first kappa shape index (κ1) is 25.1. The summed E-state index contributed by atoms with van der Waals surface area (Å²) < 4.78 is 0. The predicted octanol–water partition coefficient (Wildman–Crippen LogP) is 4.43. The SMILES string of the molecule is CC.CC.CC.CCN1CCN(CC2CCN(C)CC2)CC1C. The molecule has 2 aliphatic rings. The first-order valence-electron chi connectivity index (χ1n) is 10.3. The quantitative estimate of drug-likeness (QED) is 0.758. The molecule has 0 aromatic carbocycles. The minimum absolute atomic E-state index is 0.750. The van der Waals surface area contributed by atoms with Crippen LogP contribution in [0, 0.1) is 5.92 Å². The molecular formula is C20H47N3. The molecule has 1 unspecified atom stereocenters. The van der Waals surface area contributed by atoms with Crippen molar-refractivity contribution in [2.75, 3.05) is 52.9 Å². The summed E-state index contributed by atoms with van der Waals surface area (Å²) in [5.41, 5.74) is 0. The number of piperazine rings is 1. The maximum absolute atomic E-state index is 2.70. The lowest BCUT2D eigenvalue weighted by Gasteiger charge is -2.41. The van der Waals surface area contributed by atoms with Gasteiger partial charge in [0.05, 0.1) is 0 Å². The molecule has 2 heterocycles. The van der Waals surface area contributed by atoms with Gasteiger partial charge in [0.2, 0.25) is 0 Å². The summed E-state index contributed by atoms with van der Waals surface area (Å²) >= 11 is 0. The summed E-state index contributed by atoms with van der Waals surface area (Å²) in [6.07, 6.45) is 2.80. The van der Waals surface area contributed by atoms with Crippen LogP contribution in [-0.2, 0) is 0 Å². The largest absolute Gasteiger partial charge is 0.306 e. The Balaban J connectivity index is 0. The number of nitrogens with zero attached hydrogens (tertiary/aromatic N) is 3. The molecule has 0 amide bonds. The Bertz CT molecular complexity index is 225. The van der Waals surface area contributed by atoms with E-state index in [-0.39, 0.29) is 0 Å². The highest BCUT2D eigenvalue weighted by molar-refractivity contribution is 4.81. The monoisotopic (exact) mass is 329 g/mol. The molecule has 2 rings (SSSR count). The van der Waals surface area contributed by atoms with E-state index in [1.165, 1.54) is 58.7 Å². The fourth-order valence-electron chi connectivity index (χ4n) is 3.32. The molecule has 3 heteroatoms. The van der Waals surface area contributed by atoms with E-state index < -0.39 is 0 Å². The van der Waals surface area contributed by atoms with Crippen molar-refractivity contribution in [3.63, 3.8) is 0 Å². The zero-order chi connectivity index (χ0) is 18.3. The smallest absolute Gasteiger partial charge is 0.0195 e. The van der Waals surface area contributed by atoms with Crippen LogP contribution in [0.25, 0.3) is 0 Å². The number of likely N-dealkylation sites (tertiary alicyclic amines) is 1. The highest BCUT2D eigenvalue weighted by Crippen LogP contribution is 2.19. The minimum atomic E-state index is 0.750. The first-order valence-corrected chi connectivity index (χ1v) is 10.3. The molecule has 0 saturated carbocycles. The van der Waals surface area contributed by atoms with Crippen molar-refractivity contribution >= 4 is 0 Å². The van der Waals surface area contributed by atoms with Crippen molar-refractivity contribution in [2.45, 2.75) is 74.3 Å². The van der Waals surface area contributed by atoms with Crippen molar-refractivity contribution in [3.8, 4) is 0 Å². The molecule has 2 aliphatic heterocycles. The average molecular weight is 330 g/mol. The van der Waals surface area contributed by atoms with E-state index in [9.17, 15) is 0 Å². The van der Waals surface area contributed by atoms with Crippen LogP contribution in [-0.4, -0.2) is 73.6 Å². The highest BCUT2D eigenvalue weighted by atomic mass is 15.3. The van der Waals surface area contributed by atoms with Gasteiger partial charge < -0.3 is 9.80 Å². The lowest BCUT2D eigenvalue weighted by molar-refractivity contribution is 0.0669. The van der Waals surface area contributed by atoms with Gasteiger partial charge >= 0.3 is 0 Å². The fourth-order valence-corrected chi connectivity index (χ4v) is 3.32. The zero-order valence-electron chi connectivity index (χ0n) is 17.9. The summed E-state index contributed by atoms with van der Waals surface area (Å²) in [6.45, 7) is 25.6. The van der Waals surface area contributed by atoms with E-state index in [4.69, 9.17) is 0 Å². The van der Waals surface area contributed by atoms with Crippen molar-refractivity contribution in [2.24, 2.45) is 5.92 Å². The Morgan fingerprint density at radius 3 is 1.78 bits per heavy atom. The van der Waals surface area contributed by atoms with Crippen molar-refractivity contribution in [1.29, 1.82) is 0 Å². The molecule has 2 fully saturated rings. The van der Waals surface area contributed by atoms with Gasteiger partial charge in [-0.1, -0.05) is 48.5 Å². The number of rotatable bonds is 3. The maximum atomic E-state index is 2.70. The summed E-state index contributed by atoms with van der Waals surface area (Å²) in [4.78, 5) is 7.77. The average Bonchev–Trinajstić information content (AvgIpc) is 2.62. The molecule has 0 N–H and O–H groups in total. The van der Waals surface area contributed by atoms with Gasteiger partial charge in [-0.05, 0) is 52.4 Å². The van der Waals surface area contributed by atoms with Gasteiger partial charge in [0.1, 0.15) is 0 Å². The topological polar surface area (TPSA) is 9.72 Å². The van der Waals surface area contributed by atoms with Crippen LogP contribution in [0.15, 0.2) is 0 Å².